The average molecular weight is 216 g/mol. The first-order chi connectivity index (χ1) is 6.63. The highest BCUT2D eigenvalue weighted by Gasteiger charge is 2.06. The van der Waals surface area contributed by atoms with Crippen LogP contribution in [0.4, 0.5) is 10.6 Å². The van der Waals surface area contributed by atoms with E-state index in [-0.39, 0.29) is 11.0 Å². The maximum absolute atomic E-state index is 10.3. The van der Waals surface area contributed by atoms with Gasteiger partial charge in [0.2, 0.25) is 0 Å². The molecular formula is C7H6ClN3O3. The number of aromatic nitrogens is 1. The molecule has 0 atom stereocenters. The van der Waals surface area contributed by atoms with E-state index in [1.165, 1.54) is 12.1 Å². The molecule has 6 nitrogen and oxygen atoms in total. The fourth-order valence-electron chi connectivity index (χ4n) is 0.814. The van der Waals surface area contributed by atoms with Crippen LogP contribution in [0.25, 0.3) is 0 Å². The van der Waals surface area contributed by atoms with Crippen LogP contribution in [0.5, 0.6) is 0 Å². The van der Waals surface area contributed by atoms with Crippen molar-refractivity contribution in [2.75, 3.05) is 5.32 Å². The number of rotatable bonds is 2. The second-order valence-corrected chi connectivity index (χ2v) is 2.63. The van der Waals surface area contributed by atoms with Crippen molar-refractivity contribution in [1.29, 1.82) is 0 Å². The Bertz CT molecular complexity index is 380. The van der Waals surface area contributed by atoms with Gasteiger partial charge in [-0.3, -0.25) is 5.32 Å². The third-order valence-electron chi connectivity index (χ3n) is 1.31. The third-order valence-corrected chi connectivity index (χ3v) is 1.53. The Morgan fingerprint density at radius 2 is 2.36 bits per heavy atom. The second-order valence-electron chi connectivity index (χ2n) is 2.25. The van der Waals surface area contributed by atoms with Gasteiger partial charge in [0.1, 0.15) is 11.0 Å². The molecule has 0 aromatic carbocycles. The van der Waals surface area contributed by atoms with Crippen molar-refractivity contribution in [3.63, 3.8) is 0 Å². The number of nitrogens with one attached hydrogen (secondary N) is 1. The molecule has 0 bridgehead atoms. The number of amides is 1. The SMILES string of the molecule is O=C(O)Nc1nc(Cl)ccc1C=NO. The lowest BCUT2D eigenvalue weighted by atomic mass is 10.3. The summed E-state index contributed by atoms with van der Waals surface area (Å²) >= 11 is 5.55. The largest absolute Gasteiger partial charge is 0.465 e. The van der Waals surface area contributed by atoms with Crippen LogP contribution in [0.2, 0.25) is 5.15 Å². The maximum atomic E-state index is 10.3. The first-order valence-corrected chi connectivity index (χ1v) is 3.85. The number of carboxylic acid groups (broad SMARTS) is 1. The minimum absolute atomic E-state index is 0.0165. The molecule has 3 N–H and O–H groups in total. The summed E-state index contributed by atoms with van der Waals surface area (Å²) in [6.45, 7) is 0. The Hall–Kier alpha value is -1.82. The number of oxime groups is 1. The summed E-state index contributed by atoms with van der Waals surface area (Å²) in [6, 6.07) is 2.92. The Labute approximate surface area is 83.8 Å². The predicted octanol–water partition coefficient (Wildman–Crippen LogP) is 1.63. The van der Waals surface area contributed by atoms with Crippen LogP contribution in [0, 0.1) is 0 Å². The quantitative estimate of drug-likeness (QED) is 0.302. The van der Waals surface area contributed by atoms with Crippen molar-refractivity contribution in [3.05, 3.63) is 22.8 Å². The lowest BCUT2D eigenvalue weighted by molar-refractivity contribution is 0.209. The monoisotopic (exact) mass is 215 g/mol. The first kappa shape index (κ1) is 10.3. The molecule has 1 aromatic heterocycles. The van der Waals surface area contributed by atoms with E-state index < -0.39 is 6.09 Å². The normalized spacial score (nSPS) is 10.4. The molecule has 0 aliphatic rings. The minimum atomic E-state index is -1.27. The van der Waals surface area contributed by atoms with E-state index >= 15 is 0 Å². The molecule has 1 rings (SSSR count). The number of hydrogen-bond acceptors (Lipinski definition) is 4. The lowest BCUT2D eigenvalue weighted by Gasteiger charge is -2.03. The molecule has 0 aliphatic carbocycles. The van der Waals surface area contributed by atoms with Crippen molar-refractivity contribution in [2.45, 2.75) is 0 Å². The molecular weight excluding hydrogens is 210 g/mol. The van der Waals surface area contributed by atoms with Crippen molar-refractivity contribution >= 4 is 29.7 Å². The van der Waals surface area contributed by atoms with Gasteiger partial charge in [0, 0.05) is 5.56 Å². The molecule has 7 heteroatoms. The lowest BCUT2D eigenvalue weighted by Crippen LogP contribution is -2.11. The summed E-state index contributed by atoms with van der Waals surface area (Å²) < 4.78 is 0. The van der Waals surface area contributed by atoms with Crippen LogP contribution in [-0.4, -0.2) is 27.6 Å². The van der Waals surface area contributed by atoms with Crippen LogP contribution in [-0.2, 0) is 0 Å². The van der Waals surface area contributed by atoms with Gasteiger partial charge in [-0.2, -0.15) is 0 Å². The smallest absolute Gasteiger partial charge is 0.410 e. The number of halogens is 1. The van der Waals surface area contributed by atoms with Crippen LogP contribution in [0.3, 0.4) is 0 Å². The molecule has 1 heterocycles. The third kappa shape index (κ3) is 2.60. The van der Waals surface area contributed by atoms with Crippen molar-refractivity contribution in [1.82, 2.24) is 4.98 Å². The molecule has 0 fully saturated rings. The van der Waals surface area contributed by atoms with E-state index in [1.807, 2.05) is 5.32 Å². The molecule has 14 heavy (non-hydrogen) atoms. The first-order valence-electron chi connectivity index (χ1n) is 3.47. The van der Waals surface area contributed by atoms with Gasteiger partial charge in [0.25, 0.3) is 0 Å². The second kappa shape index (κ2) is 4.43. The van der Waals surface area contributed by atoms with Crippen LogP contribution in [0.1, 0.15) is 5.56 Å². The van der Waals surface area contributed by atoms with Crippen molar-refractivity contribution in [3.8, 4) is 0 Å². The molecule has 0 radical (unpaired) electrons. The minimum Gasteiger partial charge on any atom is -0.465 e. The fourth-order valence-corrected chi connectivity index (χ4v) is 0.961. The fraction of sp³-hybridized carbons (Fsp3) is 0. The number of nitrogens with zero attached hydrogens (tertiary/aromatic N) is 2. The van der Waals surface area contributed by atoms with Gasteiger partial charge in [-0.05, 0) is 12.1 Å². The average Bonchev–Trinajstić information content (AvgIpc) is 2.09. The standard InChI is InChI=1S/C7H6ClN3O3/c8-5-2-1-4(3-9-14)6(10-5)11-7(12)13/h1-3,14H,(H,10,11)(H,12,13). The molecule has 0 unspecified atom stereocenters. The Balaban J connectivity index is 3.08. The summed E-state index contributed by atoms with van der Waals surface area (Å²) in [5.74, 6) is 0.0165. The van der Waals surface area contributed by atoms with Crippen LogP contribution < -0.4 is 5.32 Å². The highest BCUT2D eigenvalue weighted by molar-refractivity contribution is 6.29. The summed E-state index contributed by atoms with van der Waals surface area (Å²) in [6.07, 6.45) is -0.221. The number of anilines is 1. The molecule has 0 saturated heterocycles. The van der Waals surface area contributed by atoms with Crippen LogP contribution >= 0.6 is 11.6 Å². The van der Waals surface area contributed by atoms with Gasteiger partial charge < -0.3 is 10.3 Å². The van der Waals surface area contributed by atoms with E-state index in [2.05, 4.69) is 10.1 Å². The molecule has 74 valence electrons. The number of pyridine rings is 1. The summed E-state index contributed by atoms with van der Waals surface area (Å²) in [5.41, 5.74) is 0.319. The van der Waals surface area contributed by atoms with E-state index in [1.54, 1.807) is 0 Å². The zero-order valence-corrected chi connectivity index (χ0v) is 7.56. The highest BCUT2D eigenvalue weighted by Crippen LogP contribution is 2.14. The Morgan fingerprint density at radius 3 is 2.93 bits per heavy atom. The molecule has 0 aliphatic heterocycles. The van der Waals surface area contributed by atoms with Gasteiger partial charge in [0.05, 0.1) is 6.21 Å². The summed E-state index contributed by atoms with van der Waals surface area (Å²) in [5, 5.41) is 21.7. The van der Waals surface area contributed by atoms with Crippen molar-refractivity contribution < 1.29 is 15.1 Å². The summed E-state index contributed by atoms with van der Waals surface area (Å²) in [4.78, 5) is 14.0. The summed E-state index contributed by atoms with van der Waals surface area (Å²) in [7, 11) is 0. The highest BCUT2D eigenvalue weighted by atomic mass is 35.5. The van der Waals surface area contributed by atoms with E-state index in [4.69, 9.17) is 21.9 Å². The van der Waals surface area contributed by atoms with Gasteiger partial charge in [-0.25, -0.2) is 9.78 Å². The van der Waals surface area contributed by atoms with E-state index in [0.29, 0.717) is 5.56 Å². The number of carbonyl (C=O) groups is 1. The zero-order valence-electron chi connectivity index (χ0n) is 6.81. The molecule has 1 amide bonds. The number of hydrogen-bond donors (Lipinski definition) is 3. The molecule has 0 saturated carbocycles. The van der Waals surface area contributed by atoms with Gasteiger partial charge in [-0.1, -0.05) is 16.8 Å². The topological polar surface area (TPSA) is 94.8 Å². The molecule has 1 aromatic rings. The van der Waals surface area contributed by atoms with Gasteiger partial charge in [-0.15, -0.1) is 0 Å². The molecule has 0 spiro atoms. The van der Waals surface area contributed by atoms with Crippen LogP contribution in [0.15, 0.2) is 17.3 Å². The van der Waals surface area contributed by atoms with Gasteiger partial charge >= 0.3 is 6.09 Å². The predicted molar refractivity (Wildman–Crippen MR) is 50.3 cm³/mol. The van der Waals surface area contributed by atoms with E-state index in [9.17, 15) is 4.79 Å². The Kier molecular flexibility index (Phi) is 3.24. The van der Waals surface area contributed by atoms with Gasteiger partial charge in [0.15, 0.2) is 0 Å². The van der Waals surface area contributed by atoms with E-state index in [0.717, 1.165) is 6.21 Å². The Morgan fingerprint density at radius 1 is 1.64 bits per heavy atom. The zero-order chi connectivity index (χ0) is 10.6. The van der Waals surface area contributed by atoms with Crippen molar-refractivity contribution in [2.24, 2.45) is 5.16 Å². The maximum Gasteiger partial charge on any atom is 0.410 e.